The summed E-state index contributed by atoms with van der Waals surface area (Å²) in [5, 5.41) is 5.33. The molecule has 0 spiro atoms. The van der Waals surface area contributed by atoms with Crippen molar-refractivity contribution in [3.8, 4) is 0 Å². The average Bonchev–Trinajstić information content (AvgIpc) is 2.32. The maximum Gasteiger partial charge on any atom is 0.249 e. The van der Waals surface area contributed by atoms with Gasteiger partial charge in [-0.05, 0) is 24.1 Å². The minimum absolute atomic E-state index is 0. The third kappa shape index (κ3) is 4.24. The third-order valence-electron chi connectivity index (χ3n) is 2.89. The summed E-state index contributed by atoms with van der Waals surface area (Å²) in [5.41, 5.74) is 6.65. The van der Waals surface area contributed by atoms with Crippen molar-refractivity contribution < 1.29 is 14.4 Å². The molecule has 0 saturated carbocycles. The van der Waals surface area contributed by atoms with Crippen LogP contribution in [-0.2, 0) is 20.8 Å². The third-order valence-corrected chi connectivity index (χ3v) is 2.89. The summed E-state index contributed by atoms with van der Waals surface area (Å²) in [6.07, 6.45) is 0.944. The molecule has 1 fully saturated rings. The lowest BCUT2D eigenvalue weighted by molar-refractivity contribution is -0.133. The molecule has 1 aromatic carbocycles. The normalized spacial score (nSPS) is 17.9. The topological polar surface area (TPSA) is 101 Å². The molecule has 1 saturated heterocycles. The maximum atomic E-state index is 11.6. The SMILES string of the molecule is Cl.NC(=O)Cc1cccc(NC2CCC(=O)NC2=O)c1. The summed E-state index contributed by atoms with van der Waals surface area (Å²) < 4.78 is 0. The van der Waals surface area contributed by atoms with Gasteiger partial charge in [0.2, 0.25) is 17.7 Å². The van der Waals surface area contributed by atoms with Gasteiger partial charge in [0.25, 0.3) is 0 Å². The molecule has 1 atom stereocenters. The molecular weight excluding hydrogens is 282 g/mol. The van der Waals surface area contributed by atoms with Gasteiger partial charge in [0, 0.05) is 12.1 Å². The highest BCUT2D eigenvalue weighted by Crippen LogP contribution is 2.15. The molecule has 3 amide bonds. The lowest BCUT2D eigenvalue weighted by atomic mass is 10.0. The number of carbonyl (C=O) groups excluding carboxylic acids is 3. The lowest BCUT2D eigenvalue weighted by Crippen LogP contribution is -2.47. The predicted molar refractivity (Wildman–Crippen MR) is 76.4 cm³/mol. The molecule has 1 unspecified atom stereocenters. The van der Waals surface area contributed by atoms with Gasteiger partial charge in [0.1, 0.15) is 6.04 Å². The Bertz CT molecular complexity index is 533. The van der Waals surface area contributed by atoms with Crippen LogP contribution < -0.4 is 16.4 Å². The van der Waals surface area contributed by atoms with E-state index in [-0.39, 0.29) is 30.6 Å². The number of nitrogens with one attached hydrogen (secondary N) is 2. The Kier molecular flexibility index (Phi) is 5.52. The molecule has 6 nitrogen and oxygen atoms in total. The number of nitrogens with two attached hydrogens (primary N) is 1. The van der Waals surface area contributed by atoms with Gasteiger partial charge >= 0.3 is 0 Å². The fourth-order valence-electron chi connectivity index (χ4n) is 2.00. The first-order chi connectivity index (χ1) is 9.04. The smallest absolute Gasteiger partial charge is 0.249 e. The van der Waals surface area contributed by atoms with Crippen LogP contribution in [0.2, 0.25) is 0 Å². The molecule has 0 aromatic heterocycles. The summed E-state index contributed by atoms with van der Waals surface area (Å²) in [4.78, 5) is 33.5. The molecule has 0 radical (unpaired) electrons. The zero-order chi connectivity index (χ0) is 13.8. The van der Waals surface area contributed by atoms with Crippen molar-refractivity contribution in [1.82, 2.24) is 5.32 Å². The second-order valence-electron chi connectivity index (χ2n) is 4.49. The highest BCUT2D eigenvalue weighted by atomic mass is 35.5. The number of anilines is 1. The number of hydrogen-bond donors (Lipinski definition) is 3. The Hall–Kier alpha value is -2.08. The van der Waals surface area contributed by atoms with Crippen LogP contribution >= 0.6 is 12.4 Å². The number of benzene rings is 1. The molecular formula is C13H16ClN3O3. The van der Waals surface area contributed by atoms with Gasteiger partial charge in [-0.1, -0.05) is 12.1 Å². The van der Waals surface area contributed by atoms with Crippen molar-refractivity contribution in [2.24, 2.45) is 5.73 Å². The van der Waals surface area contributed by atoms with Crippen LogP contribution in [-0.4, -0.2) is 23.8 Å². The average molecular weight is 298 g/mol. The van der Waals surface area contributed by atoms with Crippen molar-refractivity contribution in [2.45, 2.75) is 25.3 Å². The van der Waals surface area contributed by atoms with E-state index in [1.807, 2.05) is 0 Å². The van der Waals surface area contributed by atoms with Crippen LogP contribution in [0.4, 0.5) is 5.69 Å². The predicted octanol–water partition coefficient (Wildman–Crippen LogP) is 0.353. The van der Waals surface area contributed by atoms with Crippen LogP contribution in [0, 0.1) is 0 Å². The van der Waals surface area contributed by atoms with Crippen molar-refractivity contribution >= 4 is 35.8 Å². The van der Waals surface area contributed by atoms with Crippen molar-refractivity contribution in [2.75, 3.05) is 5.32 Å². The summed E-state index contributed by atoms with van der Waals surface area (Å²) in [5.74, 6) is -0.972. The maximum absolute atomic E-state index is 11.6. The van der Waals surface area contributed by atoms with E-state index in [2.05, 4.69) is 10.6 Å². The molecule has 1 aromatic rings. The minimum Gasteiger partial charge on any atom is -0.374 e. The largest absolute Gasteiger partial charge is 0.374 e. The number of rotatable bonds is 4. The zero-order valence-corrected chi connectivity index (χ0v) is 11.5. The van der Waals surface area contributed by atoms with Crippen LogP contribution in [0.25, 0.3) is 0 Å². The van der Waals surface area contributed by atoms with Crippen LogP contribution in [0.3, 0.4) is 0 Å². The zero-order valence-electron chi connectivity index (χ0n) is 10.7. The van der Waals surface area contributed by atoms with E-state index in [4.69, 9.17) is 5.73 Å². The first-order valence-electron chi connectivity index (χ1n) is 6.02. The van der Waals surface area contributed by atoms with Crippen molar-refractivity contribution in [3.05, 3.63) is 29.8 Å². The Morgan fingerprint density at radius 3 is 2.80 bits per heavy atom. The Labute approximate surface area is 122 Å². The first-order valence-corrected chi connectivity index (χ1v) is 6.02. The summed E-state index contributed by atoms with van der Waals surface area (Å²) >= 11 is 0. The minimum atomic E-state index is -0.429. The van der Waals surface area contributed by atoms with Crippen LogP contribution in [0.1, 0.15) is 18.4 Å². The number of amides is 3. The molecule has 1 aliphatic heterocycles. The van der Waals surface area contributed by atoms with Gasteiger partial charge in [-0.2, -0.15) is 0 Å². The lowest BCUT2D eigenvalue weighted by Gasteiger charge is -2.23. The number of halogens is 1. The number of carbonyl (C=O) groups is 3. The second-order valence-corrected chi connectivity index (χ2v) is 4.49. The van der Waals surface area contributed by atoms with E-state index in [0.29, 0.717) is 12.8 Å². The Balaban J connectivity index is 0.00000200. The van der Waals surface area contributed by atoms with Gasteiger partial charge in [0.05, 0.1) is 6.42 Å². The first kappa shape index (κ1) is 16.0. The highest BCUT2D eigenvalue weighted by Gasteiger charge is 2.26. The number of imide groups is 1. The standard InChI is InChI=1S/C13H15N3O3.ClH/c14-11(17)7-8-2-1-3-9(6-8)15-10-4-5-12(18)16-13(10)19;/h1-3,6,10,15H,4-5,7H2,(H2,14,17)(H,16,18,19);1H. The monoisotopic (exact) mass is 297 g/mol. The van der Waals surface area contributed by atoms with Gasteiger partial charge in [-0.15, -0.1) is 12.4 Å². The summed E-state index contributed by atoms with van der Waals surface area (Å²) in [7, 11) is 0. The van der Waals surface area contributed by atoms with E-state index in [1.165, 1.54) is 0 Å². The van der Waals surface area contributed by atoms with Crippen molar-refractivity contribution in [3.63, 3.8) is 0 Å². The van der Waals surface area contributed by atoms with E-state index >= 15 is 0 Å². The quantitative estimate of drug-likeness (QED) is 0.698. The van der Waals surface area contributed by atoms with E-state index in [0.717, 1.165) is 11.3 Å². The molecule has 0 bridgehead atoms. The fraction of sp³-hybridized carbons (Fsp3) is 0.308. The highest BCUT2D eigenvalue weighted by molar-refractivity contribution is 6.01. The summed E-state index contributed by atoms with van der Waals surface area (Å²) in [6, 6.07) is 6.72. The molecule has 108 valence electrons. The number of primary amides is 1. The van der Waals surface area contributed by atoms with Gasteiger partial charge in [-0.25, -0.2) is 0 Å². The Morgan fingerprint density at radius 2 is 2.15 bits per heavy atom. The van der Waals surface area contributed by atoms with Crippen molar-refractivity contribution in [1.29, 1.82) is 0 Å². The Morgan fingerprint density at radius 1 is 1.40 bits per heavy atom. The molecule has 0 aliphatic carbocycles. The van der Waals surface area contributed by atoms with Crippen LogP contribution in [0.5, 0.6) is 0 Å². The molecule has 20 heavy (non-hydrogen) atoms. The van der Waals surface area contributed by atoms with E-state index < -0.39 is 11.9 Å². The fourth-order valence-corrected chi connectivity index (χ4v) is 2.00. The van der Waals surface area contributed by atoms with Crippen LogP contribution in [0.15, 0.2) is 24.3 Å². The molecule has 2 rings (SSSR count). The van der Waals surface area contributed by atoms with Gasteiger partial charge < -0.3 is 11.1 Å². The molecule has 4 N–H and O–H groups in total. The van der Waals surface area contributed by atoms with Gasteiger partial charge in [-0.3, -0.25) is 19.7 Å². The summed E-state index contributed by atoms with van der Waals surface area (Å²) in [6.45, 7) is 0. The molecule has 1 aliphatic rings. The number of piperidine rings is 1. The van der Waals surface area contributed by atoms with E-state index in [9.17, 15) is 14.4 Å². The van der Waals surface area contributed by atoms with E-state index in [1.54, 1.807) is 24.3 Å². The second kappa shape index (κ2) is 6.91. The van der Waals surface area contributed by atoms with Gasteiger partial charge in [0.15, 0.2) is 0 Å². The number of hydrogen-bond acceptors (Lipinski definition) is 4. The molecule has 1 heterocycles. The molecule has 7 heteroatoms.